The summed E-state index contributed by atoms with van der Waals surface area (Å²) in [6.45, 7) is 0. The smallest absolute Gasteiger partial charge is 0.204 e. The summed E-state index contributed by atoms with van der Waals surface area (Å²) in [5.41, 5.74) is 1.02. The molecule has 0 radical (unpaired) electrons. The molecular weight excluding hydrogens is 200 g/mol. The van der Waals surface area contributed by atoms with Gasteiger partial charge in [0, 0.05) is 41.2 Å². The number of rotatable bonds is 2. The molecule has 0 aliphatic carbocycles. The molecule has 2 aromatic heterocycles. The number of imidazole rings is 1. The van der Waals surface area contributed by atoms with Crippen molar-refractivity contribution in [3.63, 3.8) is 0 Å². The van der Waals surface area contributed by atoms with Gasteiger partial charge in [-0.05, 0) is 12.1 Å². The molecule has 78 valence electrons. The lowest BCUT2D eigenvalue weighted by Gasteiger charge is -2.06. The van der Waals surface area contributed by atoms with E-state index in [0.717, 1.165) is 22.4 Å². The third kappa shape index (κ3) is 1.50. The van der Waals surface area contributed by atoms with Crippen molar-refractivity contribution in [1.82, 2.24) is 15.0 Å². The van der Waals surface area contributed by atoms with Crippen LogP contribution < -0.4 is 5.32 Å². The summed E-state index contributed by atoms with van der Waals surface area (Å²) in [7, 11) is 0. The SMILES string of the molecule is c1cc(Nc2ncc[nH]2)c2ccncc2c1. The van der Waals surface area contributed by atoms with E-state index in [1.807, 2.05) is 30.5 Å². The number of hydrogen-bond acceptors (Lipinski definition) is 3. The molecule has 1 aromatic carbocycles. The molecule has 2 N–H and O–H groups in total. The second kappa shape index (κ2) is 3.66. The summed E-state index contributed by atoms with van der Waals surface area (Å²) in [5.74, 6) is 0.740. The number of nitrogens with zero attached hydrogens (tertiary/aromatic N) is 2. The van der Waals surface area contributed by atoms with E-state index in [4.69, 9.17) is 0 Å². The molecule has 0 unspecified atom stereocenters. The standard InChI is InChI=1S/C12H10N4/c1-2-9-8-13-5-4-10(9)11(3-1)16-12-14-6-7-15-12/h1-8H,(H2,14,15,16). The van der Waals surface area contributed by atoms with Crippen LogP contribution in [-0.4, -0.2) is 15.0 Å². The topological polar surface area (TPSA) is 53.6 Å². The Hall–Kier alpha value is -2.36. The Kier molecular flexibility index (Phi) is 2.04. The summed E-state index contributed by atoms with van der Waals surface area (Å²) in [5, 5.41) is 5.48. The van der Waals surface area contributed by atoms with Crippen molar-refractivity contribution in [3.8, 4) is 0 Å². The number of pyridine rings is 1. The molecule has 0 saturated heterocycles. The maximum atomic E-state index is 4.14. The van der Waals surface area contributed by atoms with Crippen LogP contribution in [0.2, 0.25) is 0 Å². The highest BCUT2D eigenvalue weighted by Gasteiger charge is 2.01. The zero-order chi connectivity index (χ0) is 10.8. The fraction of sp³-hybridized carbons (Fsp3) is 0. The minimum Gasteiger partial charge on any atom is -0.331 e. The second-order valence-corrected chi connectivity index (χ2v) is 3.47. The van der Waals surface area contributed by atoms with Crippen LogP contribution in [0.3, 0.4) is 0 Å². The number of hydrogen-bond donors (Lipinski definition) is 2. The Morgan fingerprint density at radius 2 is 2.12 bits per heavy atom. The van der Waals surface area contributed by atoms with Gasteiger partial charge < -0.3 is 10.3 Å². The molecule has 16 heavy (non-hydrogen) atoms. The zero-order valence-corrected chi connectivity index (χ0v) is 8.51. The first-order valence-corrected chi connectivity index (χ1v) is 5.02. The number of fused-ring (bicyclic) bond motifs is 1. The maximum Gasteiger partial charge on any atom is 0.204 e. The van der Waals surface area contributed by atoms with Gasteiger partial charge in [-0.1, -0.05) is 12.1 Å². The zero-order valence-electron chi connectivity index (χ0n) is 8.51. The third-order valence-electron chi connectivity index (χ3n) is 2.43. The molecule has 0 spiro atoms. The van der Waals surface area contributed by atoms with Crippen molar-refractivity contribution in [3.05, 3.63) is 49.1 Å². The van der Waals surface area contributed by atoms with E-state index in [1.54, 1.807) is 18.6 Å². The van der Waals surface area contributed by atoms with E-state index in [1.165, 1.54) is 0 Å². The largest absolute Gasteiger partial charge is 0.331 e. The van der Waals surface area contributed by atoms with E-state index in [0.29, 0.717) is 0 Å². The monoisotopic (exact) mass is 210 g/mol. The van der Waals surface area contributed by atoms with Crippen LogP contribution in [0.25, 0.3) is 10.8 Å². The minimum absolute atomic E-state index is 0.740. The molecule has 3 aromatic rings. The molecule has 0 aliphatic heterocycles. The first-order valence-electron chi connectivity index (χ1n) is 5.02. The average Bonchev–Trinajstić information content (AvgIpc) is 2.82. The first-order chi connectivity index (χ1) is 7.93. The molecule has 4 nitrogen and oxygen atoms in total. The van der Waals surface area contributed by atoms with Gasteiger partial charge in [-0.3, -0.25) is 4.98 Å². The molecule has 4 heteroatoms. The lowest BCUT2D eigenvalue weighted by atomic mass is 10.1. The van der Waals surface area contributed by atoms with Gasteiger partial charge in [0.1, 0.15) is 0 Å². The highest BCUT2D eigenvalue weighted by Crippen LogP contribution is 2.23. The highest BCUT2D eigenvalue weighted by molar-refractivity contribution is 5.94. The van der Waals surface area contributed by atoms with Gasteiger partial charge >= 0.3 is 0 Å². The quantitative estimate of drug-likeness (QED) is 0.683. The van der Waals surface area contributed by atoms with Crippen molar-refractivity contribution < 1.29 is 0 Å². The Bertz CT molecular complexity index is 596. The molecule has 0 aliphatic rings. The average molecular weight is 210 g/mol. The number of aromatic amines is 1. The summed E-state index contributed by atoms with van der Waals surface area (Å²) >= 11 is 0. The molecule has 0 atom stereocenters. The molecule has 2 heterocycles. The number of nitrogens with one attached hydrogen (secondary N) is 2. The Labute approximate surface area is 92.4 Å². The van der Waals surface area contributed by atoms with Gasteiger partial charge in [0.25, 0.3) is 0 Å². The van der Waals surface area contributed by atoms with E-state index in [9.17, 15) is 0 Å². The molecular formula is C12H10N4. The van der Waals surface area contributed by atoms with Crippen molar-refractivity contribution >= 4 is 22.4 Å². The Morgan fingerprint density at radius 3 is 3.00 bits per heavy atom. The van der Waals surface area contributed by atoms with E-state index in [2.05, 4.69) is 20.3 Å². The number of aromatic nitrogens is 3. The van der Waals surface area contributed by atoms with Crippen LogP contribution in [0.5, 0.6) is 0 Å². The fourth-order valence-electron chi connectivity index (χ4n) is 1.69. The van der Waals surface area contributed by atoms with Gasteiger partial charge in [0.15, 0.2) is 0 Å². The normalized spacial score (nSPS) is 10.5. The van der Waals surface area contributed by atoms with E-state index in [-0.39, 0.29) is 0 Å². The number of H-pyrrole nitrogens is 1. The van der Waals surface area contributed by atoms with Crippen LogP contribution in [0, 0.1) is 0 Å². The van der Waals surface area contributed by atoms with Crippen LogP contribution in [0.15, 0.2) is 49.1 Å². The van der Waals surface area contributed by atoms with Crippen LogP contribution in [-0.2, 0) is 0 Å². The lowest BCUT2D eigenvalue weighted by Crippen LogP contribution is -1.93. The van der Waals surface area contributed by atoms with Crippen molar-refractivity contribution in [2.75, 3.05) is 5.32 Å². The summed E-state index contributed by atoms with van der Waals surface area (Å²) < 4.78 is 0. The van der Waals surface area contributed by atoms with Gasteiger partial charge in [-0.15, -0.1) is 0 Å². The molecule has 3 rings (SSSR count). The number of benzene rings is 1. The second-order valence-electron chi connectivity index (χ2n) is 3.47. The van der Waals surface area contributed by atoms with Crippen LogP contribution in [0.1, 0.15) is 0 Å². The summed E-state index contributed by atoms with van der Waals surface area (Å²) in [6.07, 6.45) is 7.14. The van der Waals surface area contributed by atoms with Crippen molar-refractivity contribution in [1.29, 1.82) is 0 Å². The summed E-state index contributed by atoms with van der Waals surface area (Å²) in [4.78, 5) is 11.2. The molecule has 0 bridgehead atoms. The van der Waals surface area contributed by atoms with Crippen LogP contribution >= 0.6 is 0 Å². The van der Waals surface area contributed by atoms with Crippen molar-refractivity contribution in [2.24, 2.45) is 0 Å². The lowest BCUT2D eigenvalue weighted by molar-refractivity contribution is 1.29. The van der Waals surface area contributed by atoms with Gasteiger partial charge in [-0.25, -0.2) is 4.98 Å². The van der Waals surface area contributed by atoms with E-state index < -0.39 is 0 Å². The first kappa shape index (κ1) is 8.91. The Morgan fingerprint density at radius 1 is 1.12 bits per heavy atom. The van der Waals surface area contributed by atoms with Gasteiger partial charge in [0.05, 0.1) is 0 Å². The molecule has 0 saturated carbocycles. The maximum absolute atomic E-state index is 4.14. The minimum atomic E-state index is 0.740. The van der Waals surface area contributed by atoms with Gasteiger partial charge in [-0.2, -0.15) is 0 Å². The summed E-state index contributed by atoms with van der Waals surface area (Å²) in [6, 6.07) is 8.04. The predicted molar refractivity (Wildman–Crippen MR) is 63.6 cm³/mol. The fourth-order valence-corrected chi connectivity index (χ4v) is 1.69. The Balaban J connectivity index is 2.10. The highest BCUT2D eigenvalue weighted by atomic mass is 15.1. The molecule has 0 fully saturated rings. The molecule has 0 amide bonds. The van der Waals surface area contributed by atoms with Crippen molar-refractivity contribution in [2.45, 2.75) is 0 Å². The van der Waals surface area contributed by atoms with Crippen LogP contribution in [0.4, 0.5) is 11.6 Å². The van der Waals surface area contributed by atoms with E-state index >= 15 is 0 Å². The third-order valence-corrected chi connectivity index (χ3v) is 2.43. The predicted octanol–water partition coefficient (Wildman–Crippen LogP) is 2.70. The van der Waals surface area contributed by atoms with Gasteiger partial charge in [0.2, 0.25) is 5.95 Å². The number of anilines is 2.